The van der Waals surface area contributed by atoms with Crippen LogP contribution in [0.5, 0.6) is 0 Å². The Hall–Kier alpha value is -0.990. The Morgan fingerprint density at radius 2 is 2.04 bits per heavy atom. The van der Waals surface area contributed by atoms with E-state index in [1.807, 2.05) is 0 Å². The monoisotopic (exact) mass is 400 g/mol. The number of halogens is 3. The molecule has 0 aromatic carbocycles. The average Bonchev–Trinajstić information content (AvgIpc) is 3.12. The van der Waals surface area contributed by atoms with Crippen molar-refractivity contribution in [3.63, 3.8) is 0 Å². The summed E-state index contributed by atoms with van der Waals surface area (Å²) >= 11 is 18.8. The Kier molecular flexibility index (Phi) is 6.46. The third kappa shape index (κ3) is 4.41. The second-order valence-corrected chi connectivity index (χ2v) is 7.73. The molecule has 2 heterocycles. The van der Waals surface area contributed by atoms with Crippen molar-refractivity contribution in [3.8, 4) is 6.07 Å². The first-order valence-corrected chi connectivity index (χ1v) is 9.75. The summed E-state index contributed by atoms with van der Waals surface area (Å²) in [7, 11) is 0. The summed E-state index contributed by atoms with van der Waals surface area (Å²) in [5.41, 5.74) is 0.211. The molecule has 1 aliphatic heterocycles. The van der Waals surface area contributed by atoms with Gasteiger partial charge in [0, 0.05) is 12.5 Å². The molecule has 1 saturated heterocycles. The maximum atomic E-state index is 9.39. The molecule has 0 saturated carbocycles. The maximum absolute atomic E-state index is 9.39. The highest BCUT2D eigenvalue weighted by Crippen LogP contribution is 2.34. The molecule has 0 bridgehead atoms. The Bertz CT molecular complexity index is 696. The summed E-state index contributed by atoms with van der Waals surface area (Å²) in [4.78, 5) is 5.26. The van der Waals surface area contributed by atoms with E-state index in [0.29, 0.717) is 16.8 Å². The van der Waals surface area contributed by atoms with Crippen molar-refractivity contribution in [2.24, 2.45) is 5.92 Å². The molecule has 2 aliphatic rings. The number of hydrogen-bond donors (Lipinski definition) is 0. The summed E-state index contributed by atoms with van der Waals surface area (Å²) in [5, 5.41) is 10.1. The molecule has 1 N–H and O–H groups in total. The lowest BCUT2D eigenvalue weighted by Crippen LogP contribution is -2.40. The molecule has 1 fully saturated rings. The lowest BCUT2D eigenvalue weighted by molar-refractivity contribution is -0.361. The number of nitrogens with one attached hydrogen (secondary N) is 1. The molecule has 1 aromatic rings. The smallest absolute Gasteiger partial charge is 0.296 e. The second-order valence-electron chi connectivity index (χ2n) is 6.59. The molecule has 3 rings (SSSR count). The van der Waals surface area contributed by atoms with Gasteiger partial charge in [0.15, 0.2) is 0 Å². The first-order chi connectivity index (χ1) is 12.1. The fourth-order valence-electron chi connectivity index (χ4n) is 3.48. The first kappa shape index (κ1) is 18.8. The molecule has 1 aromatic heterocycles. The van der Waals surface area contributed by atoms with Gasteiger partial charge in [-0.25, -0.2) is 4.98 Å². The molecule has 7 heteroatoms. The van der Waals surface area contributed by atoms with Gasteiger partial charge in [0.05, 0.1) is 12.6 Å². The topological polar surface area (TPSA) is 50.4 Å². The molecular weight excluding hydrogens is 381 g/mol. The number of pyridine rings is 1. The number of rotatable bonds is 5. The van der Waals surface area contributed by atoms with Crippen LogP contribution in [0.3, 0.4) is 0 Å². The molecule has 0 unspecified atom stereocenters. The quantitative estimate of drug-likeness (QED) is 0.532. The normalized spacial score (nSPS) is 22.8. The van der Waals surface area contributed by atoms with Gasteiger partial charge in [-0.15, -0.1) is 0 Å². The zero-order valence-corrected chi connectivity index (χ0v) is 16.2. The number of ether oxygens (including phenoxy) is 1. The number of aromatic amines is 1. The fourth-order valence-corrected chi connectivity index (χ4v) is 4.20. The highest BCUT2D eigenvalue weighted by atomic mass is 35.5. The number of anilines is 1. The van der Waals surface area contributed by atoms with Crippen LogP contribution in [-0.2, 0) is 4.74 Å². The van der Waals surface area contributed by atoms with E-state index in [2.05, 4.69) is 28.1 Å². The Morgan fingerprint density at radius 3 is 2.68 bits per heavy atom. The van der Waals surface area contributed by atoms with Crippen LogP contribution in [0, 0.1) is 17.2 Å². The zero-order chi connectivity index (χ0) is 17.8. The van der Waals surface area contributed by atoms with Gasteiger partial charge in [0.2, 0.25) is 5.15 Å². The van der Waals surface area contributed by atoms with E-state index in [9.17, 15) is 5.26 Å². The largest absolute Gasteiger partial charge is 0.374 e. The number of nitriles is 1. The van der Waals surface area contributed by atoms with E-state index >= 15 is 0 Å². The fraction of sp³-hybridized carbons (Fsp3) is 0.556. The predicted octanol–water partition coefficient (Wildman–Crippen LogP) is 4.67. The SMILES string of the molecule is N#Cc1c(Cl)c(Cl)[nH+]c(N(C[C@@H]2CC=CCC2)C[C@@H]2CCCO2)c1Cl. The van der Waals surface area contributed by atoms with Crippen molar-refractivity contribution < 1.29 is 9.72 Å². The van der Waals surface area contributed by atoms with Gasteiger partial charge in [-0.2, -0.15) is 5.26 Å². The minimum absolute atomic E-state index is 0.163. The minimum atomic E-state index is 0.163. The van der Waals surface area contributed by atoms with Crippen LogP contribution in [-0.4, -0.2) is 25.8 Å². The lowest BCUT2D eigenvalue weighted by Gasteiger charge is -2.26. The van der Waals surface area contributed by atoms with Gasteiger partial charge >= 0.3 is 0 Å². The van der Waals surface area contributed by atoms with Crippen molar-refractivity contribution in [1.29, 1.82) is 5.26 Å². The Labute approximate surface area is 163 Å². The summed E-state index contributed by atoms with van der Waals surface area (Å²) in [6.45, 7) is 2.36. The van der Waals surface area contributed by atoms with Gasteiger partial charge in [-0.1, -0.05) is 35.4 Å². The summed E-state index contributed by atoms with van der Waals surface area (Å²) in [6, 6.07) is 2.06. The molecule has 4 nitrogen and oxygen atoms in total. The van der Waals surface area contributed by atoms with Gasteiger partial charge in [0.25, 0.3) is 5.82 Å². The van der Waals surface area contributed by atoms with Gasteiger partial charge < -0.3 is 4.74 Å². The van der Waals surface area contributed by atoms with Crippen molar-refractivity contribution in [2.75, 3.05) is 24.6 Å². The highest BCUT2D eigenvalue weighted by molar-refractivity contribution is 6.43. The van der Waals surface area contributed by atoms with E-state index in [1.165, 1.54) is 0 Å². The molecule has 134 valence electrons. The maximum Gasteiger partial charge on any atom is 0.296 e. The van der Waals surface area contributed by atoms with Crippen LogP contribution in [0.2, 0.25) is 15.2 Å². The summed E-state index contributed by atoms with van der Waals surface area (Å²) in [6.07, 6.45) is 10.0. The Morgan fingerprint density at radius 1 is 1.20 bits per heavy atom. The van der Waals surface area contributed by atoms with Crippen molar-refractivity contribution >= 4 is 40.6 Å². The van der Waals surface area contributed by atoms with E-state index in [4.69, 9.17) is 39.5 Å². The van der Waals surface area contributed by atoms with E-state index < -0.39 is 0 Å². The zero-order valence-electron chi connectivity index (χ0n) is 13.9. The molecule has 25 heavy (non-hydrogen) atoms. The molecule has 0 radical (unpaired) electrons. The molecule has 2 atom stereocenters. The minimum Gasteiger partial charge on any atom is -0.374 e. The molecule has 1 aliphatic carbocycles. The van der Waals surface area contributed by atoms with Crippen LogP contribution in [0.15, 0.2) is 12.2 Å². The number of nitrogens with zero attached hydrogens (tertiary/aromatic N) is 2. The summed E-state index contributed by atoms with van der Waals surface area (Å²) < 4.78 is 5.81. The van der Waals surface area contributed by atoms with Crippen LogP contribution >= 0.6 is 34.8 Å². The predicted molar refractivity (Wildman–Crippen MR) is 100 cm³/mol. The van der Waals surface area contributed by atoms with Gasteiger partial charge in [-0.05, 0) is 43.7 Å². The van der Waals surface area contributed by atoms with Crippen LogP contribution in [0.1, 0.15) is 37.7 Å². The van der Waals surface area contributed by atoms with Crippen molar-refractivity contribution in [2.45, 2.75) is 38.2 Å². The second kappa shape index (κ2) is 8.60. The highest BCUT2D eigenvalue weighted by Gasteiger charge is 2.32. The van der Waals surface area contributed by atoms with E-state index in [0.717, 1.165) is 51.8 Å². The van der Waals surface area contributed by atoms with Crippen molar-refractivity contribution in [3.05, 3.63) is 32.9 Å². The van der Waals surface area contributed by atoms with E-state index in [1.54, 1.807) is 0 Å². The van der Waals surface area contributed by atoms with Gasteiger partial charge in [-0.3, -0.25) is 4.90 Å². The molecule has 0 spiro atoms. The Balaban J connectivity index is 1.91. The average molecular weight is 402 g/mol. The standard InChI is InChI=1S/C18H20Cl3N3O/c19-15-14(9-22)16(20)18(23-17(15)21)24(11-13-7-4-8-25-13)10-12-5-2-1-3-6-12/h1-2,12-13H,3-8,10-11H2/p+1/t12-,13+/m1/s1. The first-order valence-electron chi connectivity index (χ1n) is 8.61. The van der Waals surface area contributed by atoms with Crippen LogP contribution in [0.25, 0.3) is 0 Å². The van der Waals surface area contributed by atoms with Crippen LogP contribution < -0.4 is 9.88 Å². The number of aromatic nitrogens is 1. The van der Waals surface area contributed by atoms with Crippen LogP contribution in [0.4, 0.5) is 5.82 Å². The molecule has 0 amide bonds. The third-order valence-corrected chi connectivity index (χ3v) is 5.93. The number of H-pyrrole nitrogens is 1. The lowest BCUT2D eigenvalue weighted by atomic mass is 9.93. The molecular formula is C18H21Cl3N3O+. The third-order valence-electron chi connectivity index (χ3n) is 4.80. The van der Waals surface area contributed by atoms with Gasteiger partial charge in [0.1, 0.15) is 28.2 Å². The number of hydrogen-bond acceptors (Lipinski definition) is 3. The summed E-state index contributed by atoms with van der Waals surface area (Å²) in [5.74, 6) is 1.19. The van der Waals surface area contributed by atoms with E-state index in [-0.39, 0.29) is 21.8 Å². The number of allylic oxidation sites excluding steroid dienone is 2. The van der Waals surface area contributed by atoms with Crippen molar-refractivity contribution in [1.82, 2.24) is 0 Å².